The molecule has 198 valence electrons. The Morgan fingerprint density at radius 2 is 1.69 bits per heavy atom. The minimum absolute atomic E-state index is 0.104. The predicted octanol–water partition coefficient (Wildman–Crippen LogP) is 8.11. The lowest BCUT2D eigenvalue weighted by Crippen LogP contribution is -2.29. The summed E-state index contributed by atoms with van der Waals surface area (Å²) >= 11 is 6.22. The number of halogens is 2. The molecule has 1 fully saturated rings. The van der Waals surface area contributed by atoms with E-state index in [0.717, 1.165) is 54.2 Å². The molecule has 3 aromatic rings. The van der Waals surface area contributed by atoms with E-state index in [1.807, 2.05) is 53.1 Å². The average molecular weight is 517 g/mol. The molecule has 1 N–H and O–H groups in total. The number of ether oxygens (including phenoxy) is 1. The summed E-state index contributed by atoms with van der Waals surface area (Å²) in [6.45, 7) is 18.2. The van der Waals surface area contributed by atoms with Crippen molar-refractivity contribution in [3.8, 4) is 16.9 Å². The number of benzene rings is 1. The van der Waals surface area contributed by atoms with E-state index in [1.54, 1.807) is 6.07 Å². The van der Waals surface area contributed by atoms with Gasteiger partial charge in [-0.1, -0.05) is 52.3 Å². The Morgan fingerprint density at radius 3 is 2.33 bits per heavy atom. The van der Waals surface area contributed by atoms with E-state index in [0.29, 0.717) is 17.4 Å². The van der Waals surface area contributed by atoms with Crippen LogP contribution in [0.4, 0.5) is 4.39 Å². The van der Waals surface area contributed by atoms with Crippen molar-refractivity contribution in [3.05, 3.63) is 64.5 Å². The van der Waals surface area contributed by atoms with Crippen molar-refractivity contribution in [2.75, 3.05) is 13.1 Å². The fourth-order valence-electron chi connectivity index (χ4n) is 3.96. The molecule has 5 nitrogen and oxygen atoms in total. The first-order chi connectivity index (χ1) is 17.2. The number of hydrogen-bond acceptors (Lipinski definition) is 4. The van der Waals surface area contributed by atoms with Crippen molar-refractivity contribution in [1.29, 1.82) is 0 Å². The van der Waals surface area contributed by atoms with Gasteiger partial charge in [0.25, 0.3) is 0 Å². The highest BCUT2D eigenvalue weighted by atomic mass is 35.5. The van der Waals surface area contributed by atoms with Crippen LogP contribution in [0.25, 0.3) is 11.1 Å². The average Bonchev–Trinajstić information content (AvgIpc) is 3.35. The monoisotopic (exact) mass is 516 g/mol. The van der Waals surface area contributed by atoms with Gasteiger partial charge in [0.15, 0.2) is 0 Å². The number of pyridine rings is 1. The Kier molecular flexibility index (Phi) is 11.9. The molecule has 36 heavy (non-hydrogen) atoms. The quantitative estimate of drug-likeness (QED) is 0.372. The largest absolute Gasteiger partial charge is 0.484 e. The van der Waals surface area contributed by atoms with Gasteiger partial charge in [-0.15, -0.1) is 0 Å². The van der Waals surface area contributed by atoms with Gasteiger partial charge in [0, 0.05) is 29.1 Å². The van der Waals surface area contributed by atoms with Gasteiger partial charge in [0.1, 0.15) is 17.7 Å². The fraction of sp³-hybridized carbons (Fsp3) is 0.517. The second kappa shape index (κ2) is 14.3. The molecule has 0 spiro atoms. The van der Waals surface area contributed by atoms with Crippen LogP contribution in [0.1, 0.15) is 83.4 Å². The summed E-state index contributed by atoms with van der Waals surface area (Å²) in [7, 11) is 0. The van der Waals surface area contributed by atoms with Gasteiger partial charge in [0.05, 0.1) is 23.0 Å². The number of aromatic nitrogens is 3. The van der Waals surface area contributed by atoms with Gasteiger partial charge in [0.2, 0.25) is 0 Å². The standard InChI is InChI=1S/C23H26ClFN4O.C4H10.C2H6/c1-14-4-5-20(25)23(24)22(14)16(3)30-21-10-17(11-27-15(21)2)18-12-28-29(13-18)19-6-8-26-9-7-19;1-4(2)3;1-2/h4-5,10-13,16,19,26H,6-9H2,1-3H3;4H,1-3H3;1-2H3. The minimum atomic E-state index is -0.443. The van der Waals surface area contributed by atoms with Crippen molar-refractivity contribution >= 4 is 11.6 Å². The van der Waals surface area contributed by atoms with E-state index < -0.39 is 11.9 Å². The number of hydrogen-bond donors (Lipinski definition) is 1. The number of nitrogens with one attached hydrogen (secondary N) is 1. The maximum absolute atomic E-state index is 14.0. The zero-order valence-corrected chi connectivity index (χ0v) is 23.8. The van der Waals surface area contributed by atoms with Crippen molar-refractivity contribution in [2.24, 2.45) is 5.92 Å². The smallest absolute Gasteiger partial charge is 0.142 e. The van der Waals surface area contributed by atoms with Gasteiger partial charge in [-0.05, 0) is 70.3 Å². The Hall–Kier alpha value is -2.44. The van der Waals surface area contributed by atoms with Crippen molar-refractivity contribution in [2.45, 2.75) is 80.4 Å². The number of piperidine rings is 1. The first kappa shape index (κ1) is 29.8. The molecule has 1 atom stereocenters. The SMILES string of the molecule is CC.CC(C)C.Cc1ccc(F)c(Cl)c1C(C)Oc1cc(-c2cnn(C3CCNCC3)c2)cnc1C. The summed E-state index contributed by atoms with van der Waals surface area (Å²) < 4.78 is 22.2. The van der Waals surface area contributed by atoms with Crippen LogP contribution in [0.3, 0.4) is 0 Å². The lowest BCUT2D eigenvalue weighted by molar-refractivity contribution is 0.223. The summed E-state index contributed by atoms with van der Waals surface area (Å²) in [5, 5.41) is 8.05. The van der Waals surface area contributed by atoms with Crippen LogP contribution in [0, 0.1) is 25.6 Å². The summed E-state index contributed by atoms with van der Waals surface area (Å²) in [5.41, 5.74) is 4.24. The molecule has 1 aromatic carbocycles. The van der Waals surface area contributed by atoms with E-state index in [-0.39, 0.29) is 5.02 Å². The van der Waals surface area contributed by atoms with Gasteiger partial charge >= 0.3 is 0 Å². The van der Waals surface area contributed by atoms with Crippen LogP contribution >= 0.6 is 11.6 Å². The molecule has 1 aliphatic rings. The van der Waals surface area contributed by atoms with Crippen LogP contribution in [0.15, 0.2) is 36.8 Å². The zero-order valence-electron chi connectivity index (χ0n) is 23.0. The van der Waals surface area contributed by atoms with E-state index in [4.69, 9.17) is 16.3 Å². The maximum atomic E-state index is 14.0. The van der Waals surface area contributed by atoms with E-state index in [2.05, 4.69) is 47.0 Å². The molecule has 0 amide bonds. The normalized spacial score (nSPS) is 14.4. The molecule has 1 saturated heterocycles. The highest BCUT2D eigenvalue weighted by molar-refractivity contribution is 6.31. The zero-order chi connectivity index (χ0) is 26.8. The molecule has 1 unspecified atom stereocenters. The summed E-state index contributed by atoms with van der Waals surface area (Å²) in [6, 6.07) is 5.48. The highest BCUT2D eigenvalue weighted by Crippen LogP contribution is 2.34. The Morgan fingerprint density at radius 1 is 1.06 bits per heavy atom. The maximum Gasteiger partial charge on any atom is 0.142 e. The van der Waals surface area contributed by atoms with Crippen molar-refractivity contribution in [1.82, 2.24) is 20.1 Å². The second-order valence-corrected chi connectivity index (χ2v) is 9.96. The molecule has 0 bridgehead atoms. The van der Waals surface area contributed by atoms with Crippen LogP contribution in [0.5, 0.6) is 5.75 Å². The topological polar surface area (TPSA) is 52.0 Å². The Balaban J connectivity index is 0.000000694. The van der Waals surface area contributed by atoms with Gasteiger partial charge < -0.3 is 10.1 Å². The number of rotatable bonds is 5. The molecule has 4 rings (SSSR count). The molecule has 0 saturated carbocycles. The van der Waals surface area contributed by atoms with Gasteiger partial charge in [-0.3, -0.25) is 9.67 Å². The van der Waals surface area contributed by atoms with Crippen LogP contribution in [-0.4, -0.2) is 27.9 Å². The van der Waals surface area contributed by atoms with E-state index >= 15 is 0 Å². The van der Waals surface area contributed by atoms with E-state index in [9.17, 15) is 4.39 Å². The first-order valence-electron chi connectivity index (χ1n) is 13.0. The highest BCUT2D eigenvalue weighted by Gasteiger charge is 2.20. The third-order valence-corrected chi connectivity index (χ3v) is 6.10. The van der Waals surface area contributed by atoms with Crippen LogP contribution in [-0.2, 0) is 0 Å². The minimum Gasteiger partial charge on any atom is -0.484 e. The number of nitrogens with zero attached hydrogens (tertiary/aromatic N) is 3. The molecular formula is C29H42ClFN4O. The third-order valence-electron chi connectivity index (χ3n) is 5.72. The summed E-state index contributed by atoms with van der Waals surface area (Å²) in [6.07, 6.45) is 7.51. The third kappa shape index (κ3) is 8.04. The first-order valence-corrected chi connectivity index (χ1v) is 13.4. The van der Waals surface area contributed by atoms with Crippen molar-refractivity contribution in [3.63, 3.8) is 0 Å². The molecule has 0 radical (unpaired) electrons. The summed E-state index contributed by atoms with van der Waals surface area (Å²) in [5.74, 6) is 1.04. The molecular weight excluding hydrogens is 475 g/mol. The predicted molar refractivity (Wildman–Crippen MR) is 148 cm³/mol. The lowest BCUT2D eigenvalue weighted by atomic mass is 10.0. The Labute approximate surface area is 221 Å². The molecule has 3 heterocycles. The second-order valence-electron chi connectivity index (χ2n) is 9.58. The summed E-state index contributed by atoms with van der Waals surface area (Å²) in [4.78, 5) is 4.51. The van der Waals surface area contributed by atoms with Crippen LogP contribution in [0.2, 0.25) is 5.02 Å². The molecule has 2 aromatic heterocycles. The van der Waals surface area contributed by atoms with E-state index in [1.165, 1.54) is 6.07 Å². The molecule has 7 heteroatoms. The lowest BCUT2D eigenvalue weighted by Gasteiger charge is -2.22. The molecule has 1 aliphatic heterocycles. The van der Waals surface area contributed by atoms with Gasteiger partial charge in [-0.2, -0.15) is 5.10 Å². The number of aryl methyl sites for hydroxylation is 2. The van der Waals surface area contributed by atoms with Crippen LogP contribution < -0.4 is 10.1 Å². The Bertz CT molecular complexity index is 1090. The fourth-order valence-corrected chi connectivity index (χ4v) is 4.33. The van der Waals surface area contributed by atoms with Crippen molar-refractivity contribution < 1.29 is 9.13 Å². The van der Waals surface area contributed by atoms with Gasteiger partial charge in [-0.25, -0.2) is 4.39 Å². The molecule has 0 aliphatic carbocycles.